The lowest BCUT2D eigenvalue weighted by Gasteiger charge is -2.34. The van der Waals surface area contributed by atoms with Crippen LogP contribution in [0, 0.1) is 0 Å². The Hall–Kier alpha value is -3.00. The van der Waals surface area contributed by atoms with Gasteiger partial charge in [0, 0.05) is 68.8 Å². The number of rotatable bonds is 9. The Balaban J connectivity index is 1.21. The van der Waals surface area contributed by atoms with Crippen molar-refractivity contribution in [2.24, 2.45) is 7.05 Å². The average molecular weight is 472 g/mol. The van der Waals surface area contributed by atoms with Gasteiger partial charge in [0.25, 0.3) is 0 Å². The molecule has 1 saturated heterocycles. The zero-order valence-electron chi connectivity index (χ0n) is 21.2. The van der Waals surface area contributed by atoms with Crippen molar-refractivity contribution in [1.29, 1.82) is 0 Å². The molecule has 35 heavy (non-hydrogen) atoms. The van der Waals surface area contributed by atoms with E-state index in [1.54, 1.807) is 0 Å². The first-order valence-corrected chi connectivity index (χ1v) is 12.7. The van der Waals surface area contributed by atoms with E-state index in [4.69, 9.17) is 9.97 Å². The van der Waals surface area contributed by atoms with Gasteiger partial charge in [0.2, 0.25) is 0 Å². The molecule has 0 unspecified atom stereocenters. The van der Waals surface area contributed by atoms with Crippen LogP contribution in [0.1, 0.15) is 17.8 Å². The molecule has 1 N–H and O–H groups in total. The zero-order chi connectivity index (χ0) is 24.2. The quantitative estimate of drug-likeness (QED) is 0.375. The first kappa shape index (κ1) is 23.7. The molecular weight excluding hydrogens is 434 g/mol. The first-order chi connectivity index (χ1) is 17.1. The van der Waals surface area contributed by atoms with Crippen LogP contribution in [0.15, 0.2) is 54.7 Å². The number of hydrogen-bond donors (Lipinski definition) is 1. The summed E-state index contributed by atoms with van der Waals surface area (Å²) in [5.41, 5.74) is 3.74. The summed E-state index contributed by atoms with van der Waals surface area (Å²) in [5.74, 6) is 1.86. The maximum Gasteiger partial charge on any atom is 0.145 e. The highest BCUT2D eigenvalue weighted by molar-refractivity contribution is 5.89. The summed E-state index contributed by atoms with van der Waals surface area (Å²) in [5, 5.41) is 6.03. The second kappa shape index (κ2) is 10.7. The molecule has 2 aromatic heterocycles. The summed E-state index contributed by atoms with van der Waals surface area (Å²) in [7, 11) is 6.36. The summed E-state index contributed by atoms with van der Waals surface area (Å²) in [6.45, 7) is 7.96. The number of para-hydroxylation sites is 2. The number of hydrogen-bond acceptors (Lipinski definition) is 6. The van der Waals surface area contributed by atoms with E-state index >= 15 is 0 Å². The van der Waals surface area contributed by atoms with E-state index in [0.29, 0.717) is 0 Å². The third-order valence-electron chi connectivity index (χ3n) is 6.93. The molecule has 0 saturated carbocycles. The minimum absolute atomic E-state index is 0.791. The summed E-state index contributed by atoms with van der Waals surface area (Å²) >= 11 is 0. The molecule has 2 aromatic carbocycles. The highest BCUT2D eigenvalue weighted by atomic mass is 15.3. The Morgan fingerprint density at radius 3 is 2.31 bits per heavy atom. The van der Waals surface area contributed by atoms with E-state index in [0.717, 1.165) is 81.3 Å². The molecule has 0 aliphatic carbocycles. The third kappa shape index (κ3) is 5.64. The minimum Gasteiger partial charge on any atom is -0.369 e. The maximum absolute atomic E-state index is 4.94. The number of piperazine rings is 1. The molecular formula is C28H37N7. The Kier molecular flexibility index (Phi) is 7.27. The van der Waals surface area contributed by atoms with Crippen molar-refractivity contribution >= 4 is 27.6 Å². The normalized spacial score (nSPS) is 15.4. The molecule has 1 aliphatic heterocycles. The summed E-state index contributed by atoms with van der Waals surface area (Å²) in [6, 6.07) is 17.0. The van der Waals surface area contributed by atoms with Gasteiger partial charge in [-0.25, -0.2) is 9.97 Å². The molecule has 0 amide bonds. The number of aromatic nitrogens is 3. The van der Waals surface area contributed by atoms with E-state index < -0.39 is 0 Å². The smallest absolute Gasteiger partial charge is 0.145 e. The second-order valence-corrected chi connectivity index (χ2v) is 9.92. The second-order valence-electron chi connectivity index (χ2n) is 9.92. The Labute approximate surface area is 208 Å². The van der Waals surface area contributed by atoms with Crippen LogP contribution in [0.2, 0.25) is 0 Å². The molecule has 0 atom stereocenters. The molecule has 5 rings (SSSR count). The molecule has 1 fully saturated rings. The van der Waals surface area contributed by atoms with Gasteiger partial charge >= 0.3 is 0 Å². The third-order valence-corrected chi connectivity index (χ3v) is 6.93. The number of nitrogens with zero attached hydrogens (tertiary/aromatic N) is 6. The average Bonchev–Trinajstić information content (AvgIpc) is 3.18. The van der Waals surface area contributed by atoms with E-state index in [1.165, 1.54) is 16.5 Å². The van der Waals surface area contributed by atoms with Crippen LogP contribution in [0.3, 0.4) is 0 Å². The maximum atomic E-state index is 4.94. The molecule has 0 spiro atoms. The summed E-state index contributed by atoms with van der Waals surface area (Å²) < 4.78 is 2.24. The Bertz CT molecular complexity index is 1270. The summed E-state index contributed by atoms with van der Waals surface area (Å²) in [4.78, 5) is 17.1. The van der Waals surface area contributed by atoms with Gasteiger partial charge in [0.05, 0.1) is 12.1 Å². The minimum atomic E-state index is 0.791. The van der Waals surface area contributed by atoms with Crippen LogP contribution in [0.4, 0.5) is 5.82 Å². The fourth-order valence-electron chi connectivity index (χ4n) is 5.03. The van der Waals surface area contributed by atoms with Crippen molar-refractivity contribution in [1.82, 2.24) is 29.2 Å². The molecule has 7 heteroatoms. The van der Waals surface area contributed by atoms with Crippen molar-refractivity contribution in [3.8, 4) is 0 Å². The lowest BCUT2D eigenvalue weighted by Crippen LogP contribution is -2.45. The van der Waals surface area contributed by atoms with Crippen molar-refractivity contribution < 1.29 is 0 Å². The van der Waals surface area contributed by atoms with Gasteiger partial charge in [0.1, 0.15) is 11.6 Å². The number of fused-ring (bicyclic) bond motifs is 2. The molecule has 1 aliphatic rings. The van der Waals surface area contributed by atoms with Crippen LogP contribution in [-0.2, 0) is 20.1 Å². The number of benzene rings is 2. The van der Waals surface area contributed by atoms with Crippen LogP contribution in [0.25, 0.3) is 21.8 Å². The predicted octanol–water partition coefficient (Wildman–Crippen LogP) is 3.80. The van der Waals surface area contributed by atoms with Crippen molar-refractivity contribution in [2.45, 2.75) is 19.5 Å². The van der Waals surface area contributed by atoms with Crippen molar-refractivity contribution in [2.75, 3.05) is 58.7 Å². The lowest BCUT2D eigenvalue weighted by molar-refractivity contribution is 0.120. The zero-order valence-corrected chi connectivity index (χ0v) is 21.2. The van der Waals surface area contributed by atoms with Gasteiger partial charge in [-0.2, -0.15) is 0 Å². The molecule has 4 aromatic rings. The van der Waals surface area contributed by atoms with Gasteiger partial charge in [-0.1, -0.05) is 30.3 Å². The van der Waals surface area contributed by atoms with Gasteiger partial charge < -0.3 is 14.8 Å². The predicted molar refractivity (Wildman–Crippen MR) is 145 cm³/mol. The monoisotopic (exact) mass is 471 g/mol. The SMILES string of the molecule is CN(C)CCCNc1nc(CN2CCN(Cc3cn(C)c4ccccc34)CC2)nc2ccccc12. The first-order valence-electron chi connectivity index (χ1n) is 12.7. The van der Waals surface area contributed by atoms with Gasteiger partial charge in [-0.15, -0.1) is 0 Å². The van der Waals surface area contributed by atoms with Crippen LogP contribution >= 0.6 is 0 Å². The molecule has 0 radical (unpaired) electrons. The Morgan fingerprint density at radius 1 is 0.857 bits per heavy atom. The van der Waals surface area contributed by atoms with Crippen molar-refractivity contribution in [3.05, 3.63) is 66.1 Å². The highest BCUT2D eigenvalue weighted by Crippen LogP contribution is 2.23. The van der Waals surface area contributed by atoms with Gasteiger partial charge in [-0.05, 0) is 50.8 Å². The van der Waals surface area contributed by atoms with E-state index in [9.17, 15) is 0 Å². The van der Waals surface area contributed by atoms with E-state index in [2.05, 4.69) is 100 Å². The Morgan fingerprint density at radius 2 is 1.54 bits per heavy atom. The number of nitrogens with one attached hydrogen (secondary N) is 1. The standard InChI is InChI=1S/C28H37N7/c1-32(2)14-8-13-29-28-24-10-4-6-11-25(24)30-27(31-28)21-35-17-15-34(16-18-35)20-22-19-33(3)26-12-7-5-9-23(22)26/h4-7,9-12,19H,8,13-18,20-21H2,1-3H3,(H,29,30,31). The fourth-order valence-corrected chi connectivity index (χ4v) is 5.03. The van der Waals surface area contributed by atoms with Crippen LogP contribution in [-0.4, -0.2) is 82.6 Å². The van der Waals surface area contributed by atoms with Gasteiger partial charge in [0.15, 0.2) is 0 Å². The van der Waals surface area contributed by atoms with Crippen molar-refractivity contribution in [3.63, 3.8) is 0 Å². The number of aryl methyl sites for hydroxylation is 1. The molecule has 184 valence electrons. The number of anilines is 1. The van der Waals surface area contributed by atoms with E-state index in [-0.39, 0.29) is 0 Å². The fraction of sp³-hybridized carbons (Fsp3) is 0.429. The topological polar surface area (TPSA) is 52.5 Å². The van der Waals surface area contributed by atoms with Crippen LogP contribution in [0.5, 0.6) is 0 Å². The largest absolute Gasteiger partial charge is 0.369 e. The molecule has 7 nitrogen and oxygen atoms in total. The van der Waals surface area contributed by atoms with Gasteiger partial charge in [-0.3, -0.25) is 9.80 Å². The lowest BCUT2D eigenvalue weighted by atomic mass is 10.1. The molecule has 3 heterocycles. The summed E-state index contributed by atoms with van der Waals surface area (Å²) in [6.07, 6.45) is 3.37. The molecule has 0 bridgehead atoms. The van der Waals surface area contributed by atoms with E-state index in [1.807, 2.05) is 0 Å². The van der Waals surface area contributed by atoms with Crippen LogP contribution < -0.4 is 5.32 Å². The highest BCUT2D eigenvalue weighted by Gasteiger charge is 2.20.